The third-order valence-corrected chi connectivity index (χ3v) is 6.90. The summed E-state index contributed by atoms with van der Waals surface area (Å²) in [5, 5.41) is 19.4. The van der Waals surface area contributed by atoms with Crippen LogP contribution in [-0.4, -0.2) is 71.8 Å². The summed E-state index contributed by atoms with van der Waals surface area (Å²) in [6.07, 6.45) is -0.194. The molecule has 2 unspecified atom stereocenters. The standard InChI is InChI=1S/C31H43FN4O5/c1-20(2)14-25(33-31(40)41-19-22-8-6-5-7-9-22)16-36-17-27(28(37)18-36)35-30(39)26(15-21(3)4)34-29(38)23-10-12-24(32)13-11-23/h5-13,20-21,25-28,37H,14-19H2,1-4H3,(H,33,40)(H,34,38)(H,35,39)/t25-,26-,27?,28?/m0/s1. The molecular weight excluding hydrogens is 527 g/mol. The lowest BCUT2D eigenvalue weighted by molar-refractivity contribution is -0.124. The first-order valence-corrected chi connectivity index (χ1v) is 14.2. The van der Waals surface area contributed by atoms with E-state index in [-0.39, 0.29) is 30.0 Å². The van der Waals surface area contributed by atoms with Gasteiger partial charge in [0.25, 0.3) is 5.91 Å². The second-order valence-electron chi connectivity index (χ2n) is 11.6. The van der Waals surface area contributed by atoms with Crippen LogP contribution in [0.25, 0.3) is 0 Å². The number of β-amino-alcohol motifs (C(OH)–C–C–N with tert-alkyl or cyclic N) is 1. The number of likely N-dealkylation sites (tertiary alicyclic amines) is 1. The van der Waals surface area contributed by atoms with Crippen LogP contribution < -0.4 is 16.0 Å². The van der Waals surface area contributed by atoms with Crippen molar-refractivity contribution < 1.29 is 28.6 Å². The number of aliphatic hydroxyl groups is 1. The van der Waals surface area contributed by atoms with E-state index in [1.807, 2.05) is 49.1 Å². The molecule has 1 aliphatic rings. The van der Waals surface area contributed by atoms with Crippen molar-refractivity contribution in [1.82, 2.24) is 20.9 Å². The number of amides is 3. The van der Waals surface area contributed by atoms with Gasteiger partial charge in [-0.05, 0) is 54.5 Å². The van der Waals surface area contributed by atoms with E-state index in [2.05, 4.69) is 29.8 Å². The summed E-state index contributed by atoms with van der Waals surface area (Å²) in [5.41, 5.74) is 1.15. The fraction of sp³-hybridized carbons (Fsp3) is 0.516. The van der Waals surface area contributed by atoms with E-state index in [1.165, 1.54) is 24.3 Å². The van der Waals surface area contributed by atoms with E-state index in [1.54, 1.807) is 0 Å². The highest BCUT2D eigenvalue weighted by Gasteiger charge is 2.35. The lowest BCUT2D eigenvalue weighted by Crippen LogP contribution is -2.53. The average molecular weight is 571 g/mol. The van der Waals surface area contributed by atoms with E-state index in [0.29, 0.717) is 32.0 Å². The predicted octanol–water partition coefficient (Wildman–Crippen LogP) is 3.47. The number of aliphatic hydroxyl groups excluding tert-OH is 1. The lowest BCUT2D eigenvalue weighted by atomic mass is 10.0. The van der Waals surface area contributed by atoms with Crippen LogP contribution in [0.1, 0.15) is 56.5 Å². The summed E-state index contributed by atoms with van der Waals surface area (Å²) in [6.45, 7) is 9.42. The van der Waals surface area contributed by atoms with Crippen LogP contribution >= 0.6 is 0 Å². The van der Waals surface area contributed by atoms with Crippen LogP contribution in [0.4, 0.5) is 9.18 Å². The first-order valence-electron chi connectivity index (χ1n) is 14.2. The van der Waals surface area contributed by atoms with Crippen molar-refractivity contribution in [2.24, 2.45) is 11.8 Å². The zero-order chi connectivity index (χ0) is 29.9. The third kappa shape index (κ3) is 10.8. The Morgan fingerprint density at radius 1 is 0.951 bits per heavy atom. The highest BCUT2D eigenvalue weighted by molar-refractivity contribution is 5.97. The molecule has 224 valence electrons. The molecule has 1 heterocycles. The highest BCUT2D eigenvalue weighted by Crippen LogP contribution is 2.16. The van der Waals surface area contributed by atoms with Crippen LogP contribution in [0, 0.1) is 17.7 Å². The first kappa shape index (κ1) is 32.0. The van der Waals surface area contributed by atoms with Crippen molar-refractivity contribution in [2.45, 2.75) is 71.4 Å². The second-order valence-corrected chi connectivity index (χ2v) is 11.6. The summed E-state index contributed by atoms with van der Waals surface area (Å²) in [6, 6.07) is 13.0. The number of nitrogens with zero attached hydrogens (tertiary/aromatic N) is 1. The molecule has 2 aromatic rings. The number of rotatable bonds is 13. The molecule has 1 fully saturated rings. The fourth-order valence-electron chi connectivity index (χ4n) is 4.98. The minimum Gasteiger partial charge on any atom is -0.445 e. The molecule has 10 heteroatoms. The maximum Gasteiger partial charge on any atom is 0.407 e. The smallest absolute Gasteiger partial charge is 0.407 e. The minimum atomic E-state index is -0.816. The van der Waals surface area contributed by atoms with Crippen molar-refractivity contribution in [3.05, 3.63) is 71.5 Å². The largest absolute Gasteiger partial charge is 0.445 e. The zero-order valence-corrected chi connectivity index (χ0v) is 24.3. The van der Waals surface area contributed by atoms with Gasteiger partial charge in [0.05, 0.1) is 12.1 Å². The molecular formula is C31H43FN4O5. The Labute approximate surface area is 241 Å². The monoisotopic (exact) mass is 570 g/mol. The third-order valence-electron chi connectivity index (χ3n) is 6.90. The number of alkyl carbamates (subject to hydrolysis) is 1. The van der Waals surface area contributed by atoms with Gasteiger partial charge < -0.3 is 25.8 Å². The molecule has 3 rings (SSSR count). The lowest BCUT2D eigenvalue weighted by Gasteiger charge is -2.26. The van der Waals surface area contributed by atoms with Gasteiger partial charge in [-0.1, -0.05) is 58.0 Å². The predicted molar refractivity (Wildman–Crippen MR) is 154 cm³/mol. The van der Waals surface area contributed by atoms with Crippen molar-refractivity contribution >= 4 is 17.9 Å². The summed E-state index contributed by atoms with van der Waals surface area (Å²) < 4.78 is 18.7. The summed E-state index contributed by atoms with van der Waals surface area (Å²) >= 11 is 0. The molecule has 3 amide bonds. The molecule has 41 heavy (non-hydrogen) atoms. The number of halogens is 1. The molecule has 0 spiro atoms. The Balaban J connectivity index is 1.56. The minimum absolute atomic E-state index is 0.119. The summed E-state index contributed by atoms with van der Waals surface area (Å²) in [4.78, 5) is 40.5. The number of carbonyl (C=O) groups is 3. The maximum absolute atomic E-state index is 13.3. The van der Waals surface area contributed by atoms with Crippen LogP contribution in [0.3, 0.4) is 0 Å². The van der Waals surface area contributed by atoms with Crippen LogP contribution in [0.2, 0.25) is 0 Å². The van der Waals surface area contributed by atoms with Crippen LogP contribution in [0.5, 0.6) is 0 Å². The van der Waals surface area contributed by atoms with Gasteiger partial charge >= 0.3 is 6.09 Å². The molecule has 0 bridgehead atoms. The van der Waals surface area contributed by atoms with Gasteiger partial charge in [0, 0.05) is 31.2 Å². The summed E-state index contributed by atoms with van der Waals surface area (Å²) in [7, 11) is 0. The van der Waals surface area contributed by atoms with Gasteiger partial charge in [-0.25, -0.2) is 9.18 Å². The van der Waals surface area contributed by atoms with Gasteiger partial charge in [0.15, 0.2) is 0 Å². The number of hydrogen-bond acceptors (Lipinski definition) is 6. The van der Waals surface area contributed by atoms with E-state index in [9.17, 15) is 23.9 Å². The fourth-order valence-corrected chi connectivity index (χ4v) is 4.98. The Morgan fingerprint density at radius 3 is 2.24 bits per heavy atom. The van der Waals surface area contributed by atoms with E-state index >= 15 is 0 Å². The normalized spacial score (nSPS) is 18.6. The Morgan fingerprint density at radius 2 is 1.61 bits per heavy atom. The van der Waals surface area contributed by atoms with E-state index in [4.69, 9.17) is 4.74 Å². The Hall–Kier alpha value is -3.50. The average Bonchev–Trinajstić information content (AvgIpc) is 3.25. The molecule has 0 saturated carbocycles. The van der Waals surface area contributed by atoms with Gasteiger partial charge in [-0.2, -0.15) is 0 Å². The second kappa shape index (κ2) is 15.5. The topological polar surface area (TPSA) is 120 Å². The Kier molecular flexibility index (Phi) is 12.1. The van der Waals surface area contributed by atoms with Crippen LogP contribution in [-0.2, 0) is 16.1 Å². The molecule has 4 N–H and O–H groups in total. The van der Waals surface area contributed by atoms with Gasteiger partial charge in [0.2, 0.25) is 5.91 Å². The van der Waals surface area contributed by atoms with E-state index < -0.39 is 36.0 Å². The molecule has 9 nitrogen and oxygen atoms in total. The van der Waals surface area contributed by atoms with E-state index in [0.717, 1.165) is 12.0 Å². The SMILES string of the molecule is CC(C)C[C@@H](CN1CC(O)C(NC(=O)[C@H](CC(C)C)NC(=O)c2ccc(F)cc2)C1)NC(=O)OCc1ccccc1. The van der Waals surface area contributed by atoms with Crippen molar-refractivity contribution in [1.29, 1.82) is 0 Å². The molecule has 4 atom stereocenters. The molecule has 0 radical (unpaired) electrons. The zero-order valence-electron chi connectivity index (χ0n) is 24.3. The number of nitrogens with one attached hydrogen (secondary N) is 3. The molecule has 2 aromatic carbocycles. The van der Waals surface area contributed by atoms with Crippen molar-refractivity contribution in [2.75, 3.05) is 19.6 Å². The number of hydrogen-bond donors (Lipinski definition) is 4. The van der Waals surface area contributed by atoms with Crippen LogP contribution in [0.15, 0.2) is 54.6 Å². The first-order chi connectivity index (χ1) is 19.5. The van der Waals surface area contributed by atoms with Crippen molar-refractivity contribution in [3.63, 3.8) is 0 Å². The van der Waals surface area contributed by atoms with Gasteiger partial charge in [0.1, 0.15) is 18.5 Å². The maximum atomic E-state index is 13.3. The number of ether oxygens (including phenoxy) is 1. The molecule has 1 aliphatic heterocycles. The molecule has 0 aliphatic carbocycles. The Bertz CT molecular complexity index is 1130. The highest BCUT2D eigenvalue weighted by atomic mass is 19.1. The molecule has 0 aromatic heterocycles. The van der Waals surface area contributed by atoms with Crippen molar-refractivity contribution in [3.8, 4) is 0 Å². The van der Waals surface area contributed by atoms with Gasteiger partial charge in [-0.3, -0.25) is 14.5 Å². The molecule has 1 saturated heterocycles. The number of benzene rings is 2. The summed E-state index contributed by atoms with van der Waals surface area (Å²) in [5.74, 6) is -0.872. The number of carbonyl (C=O) groups excluding carboxylic acids is 3. The van der Waals surface area contributed by atoms with Gasteiger partial charge in [-0.15, -0.1) is 0 Å². The quantitative estimate of drug-likeness (QED) is 0.293.